The van der Waals surface area contributed by atoms with E-state index >= 15 is 0 Å². The van der Waals surface area contributed by atoms with Gasteiger partial charge in [-0.15, -0.1) is 4.52 Å². The number of carbonyl (C=O) groups is 1. The molecule has 0 amide bonds. The number of aliphatic carboxylic acids is 1. The van der Waals surface area contributed by atoms with Crippen molar-refractivity contribution in [1.29, 1.82) is 0 Å². The van der Waals surface area contributed by atoms with Gasteiger partial charge < -0.3 is 5.11 Å². The van der Waals surface area contributed by atoms with Crippen LogP contribution in [0.4, 0.5) is 0 Å². The number of carboxylic acids is 1. The summed E-state index contributed by atoms with van der Waals surface area (Å²) in [4.78, 5) is 11.4. The lowest BCUT2D eigenvalue weighted by atomic mass is 9.83. The quantitative estimate of drug-likeness (QED) is 0.848. The zero-order valence-corrected chi connectivity index (χ0v) is 10.6. The highest BCUT2D eigenvalue weighted by Crippen LogP contribution is 2.52. The van der Waals surface area contributed by atoms with Gasteiger partial charge in [-0.05, 0) is 24.3 Å². The fraction of sp³-hybridized carbons (Fsp3) is 0.462. The molecule has 2 atom stereocenters. The molecule has 0 radical (unpaired) electrons. The molecule has 1 saturated carbocycles. The predicted octanol–water partition coefficient (Wildman–Crippen LogP) is 2.95. The van der Waals surface area contributed by atoms with E-state index in [-0.39, 0.29) is 0 Å². The molecule has 3 rings (SSSR count). The van der Waals surface area contributed by atoms with E-state index < -0.39 is 16.8 Å². The summed E-state index contributed by atoms with van der Waals surface area (Å²) < 4.78 is 3.96. The smallest absolute Gasteiger partial charge is 0.321 e. The summed E-state index contributed by atoms with van der Waals surface area (Å²) in [5.74, 6) is -0.426. The molecule has 0 bridgehead atoms. The van der Waals surface area contributed by atoms with Crippen LogP contribution < -0.4 is 0 Å². The summed E-state index contributed by atoms with van der Waals surface area (Å²) >= 11 is 1.10. The van der Waals surface area contributed by atoms with Crippen molar-refractivity contribution in [1.82, 2.24) is 0 Å². The van der Waals surface area contributed by atoms with Gasteiger partial charge in [-0.3, -0.25) is 4.79 Å². The van der Waals surface area contributed by atoms with E-state index in [9.17, 15) is 9.90 Å². The first-order valence-corrected chi connectivity index (χ1v) is 6.91. The van der Waals surface area contributed by atoms with Crippen LogP contribution in [0, 0.1) is 5.92 Å². The van der Waals surface area contributed by atoms with Gasteiger partial charge in [0.2, 0.25) is 0 Å². The van der Waals surface area contributed by atoms with Gasteiger partial charge in [0.1, 0.15) is 5.54 Å². The fourth-order valence-electron chi connectivity index (χ4n) is 2.62. The number of rotatable bonds is 4. The number of benzene rings is 1. The number of carboxylic acid groups (broad SMARTS) is 1. The Morgan fingerprint density at radius 2 is 2.11 bits per heavy atom. The second-order valence-electron chi connectivity index (χ2n) is 4.93. The Balaban J connectivity index is 1.92. The highest BCUT2D eigenvalue weighted by atomic mass is 32.2. The zero-order valence-electron chi connectivity index (χ0n) is 9.82. The minimum atomic E-state index is -0.798. The van der Waals surface area contributed by atoms with Gasteiger partial charge in [0.15, 0.2) is 5.25 Å². The van der Waals surface area contributed by atoms with Crippen LogP contribution in [-0.2, 0) is 11.2 Å². The van der Waals surface area contributed by atoms with E-state index in [0.29, 0.717) is 12.3 Å². The first kappa shape index (κ1) is 11.7. The summed E-state index contributed by atoms with van der Waals surface area (Å²) in [6.45, 7) is 0. The lowest BCUT2D eigenvalue weighted by Crippen LogP contribution is -2.44. The van der Waals surface area contributed by atoms with Crippen molar-refractivity contribution in [3.05, 3.63) is 35.9 Å². The van der Waals surface area contributed by atoms with Gasteiger partial charge in [0.05, 0.1) is 0 Å². The lowest BCUT2D eigenvalue weighted by Gasteiger charge is -2.28. The van der Waals surface area contributed by atoms with Crippen LogP contribution in [0.25, 0.3) is 0 Å². The van der Waals surface area contributed by atoms with E-state index in [4.69, 9.17) is 0 Å². The molecule has 1 aromatic rings. The lowest BCUT2D eigenvalue weighted by molar-refractivity contribution is -0.137. The third kappa shape index (κ3) is 1.92. The molecule has 1 aromatic carbocycles. The molecule has 2 unspecified atom stereocenters. The van der Waals surface area contributed by atoms with Gasteiger partial charge >= 0.3 is 5.97 Å². The fourth-order valence-corrected chi connectivity index (χ4v) is 3.51. The first-order chi connectivity index (χ1) is 8.72. The van der Waals surface area contributed by atoms with Crippen LogP contribution in [0.15, 0.2) is 40.0 Å². The zero-order chi connectivity index (χ0) is 12.6. The van der Waals surface area contributed by atoms with Gasteiger partial charge in [-0.1, -0.05) is 30.3 Å². The molecule has 94 valence electrons. The molecule has 0 aromatic heterocycles. The standard InChI is InChI=1S/C13H14N2O2S/c16-12(17)11-13(10-6-7-10,14-15-18-11)8-9-4-2-1-3-5-9/h1-5,10-11H,6-8H2,(H,16,17). The highest BCUT2D eigenvalue weighted by molar-refractivity contribution is 7.99. The Bertz CT molecular complexity index is 487. The number of hydrogen-bond donors (Lipinski definition) is 1. The Kier molecular flexibility index (Phi) is 2.86. The van der Waals surface area contributed by atoms with Crippen molar-refractivity contribution in [2.75, 3.05) is 0 Å². The summed E-state index contributed by atoms with van der Waals surface area (Å²) in [5.41, 5.74) is 0.606. The van der Waals surface area contributed by atoms with Crippen LogP contribution in [0.3, 0.4) is 0 Å². The van der Waals surface area contributed by atoms with Crippen molar-refractivity contribution in [2.24, 2.45) is 15.6 Å². The van der Waals surface area contributed by atoms with Crippen LogP contribution in [0.5, 0.6) is 0 Å². The van der Waals surface area contributed by atoms with Crippen molar-refractivity contribution in [3.8, 4) is 0 Å². The Morgan fingerprint density at radius 3 is 2.72 bits per heavy atom. The second kappa shape index (κ2) is 4.39. The Morgan fingerprint density at radius 1 is 1.39 bits per heavy atom. The van der Waals surface area contributed by atoms with E-state index in [1.165, 1.54) is 0 Å². The molecule has 1 heterocycles. The minimum Gasteiger partial charge on any atom is -0.480 e. The molecule has 4 nitrogen and oxygen atoms in total. The normalized spacial score (nSPS) is 30.6. The maximum atomic E-state index is 11.4. The van der Waals surface area contributed by atoms with Crippen molar-refractivity contribution >= 4 is 17.9 Å². The minimum absolute atomic E-state index is 0.373. The molecule has 1 aliphatic heterocycles. The average Bonchev–Trinajstić information content (AvgIpc) is 3.13. The van der Waals surface area contributed by atoms with Crippen molar-refractivity contribution in [3.63, 3.8) is 0 Å². The van der Waals surface area contributed by atoms with Gasteiger partial charge in [0, 0.05) is 18.4 Å². The van der Waals surface area contributed by atoms with Crippen LogP contribution >= 0.6 is 11.9 Å². The second-order valence-corrected chi connectivity index (χ2v) is 5.78. The van der Waals surface area contributed by atoms with Crippen molar-refractivity contribution in [2.45, 2.75) is 30.1 Å². The molecule has 1 fully saturated rings. The number of hydrogen-bond acceptors (Lipinski definition) is 4. The highest BCUT2D eigenvalue weighted by Gasteiger charge is 2.57. The molecule has 1 N–H and O–H groups in total. The summed E-state index contributed by atoms with van der Waals surface area (Å²) in [6.07, 6.45) is 2.80. The maximum Gasteiger partial charge on any atom is 0.321 e. The largest absolute Gasteiger partial charge is 0.480 e. The molecule has 1 aliphatic carbocycles. The van der Waals surface area contributed by atoms with Crippen LogP contribution in [-0.4, -0.2) is 21.9 Å². The van der Waals surface area contributed by atoms with Gasteiger partial charge in [0.25, 0.3) is 0 Å². The molecule has 5 heteroatoms. The number of nitrogens with zero attached hydrogens (tertiary/aromatic N) is 2. The van der Waals surface area contributed by atoms with Gasteiger partial charge in [-0.25, -0.2) is 0 Å². The molecule has 2 aliphatic rings. The SMILES string of the molecule is O=C(O)C1SN=NC1(Cc1ccccc1)C1CC1. The van der Waals surface area contributed by atoms with E-state index in [2.05, 4.69) is 9.63 Å². The third-order valence-corrected chi connectivity index (χ3v) is 4.67. The summed E-state index contributed by atoms with van der Waals surface area (Å²) in [7, 11) is 0. The van der Waals surface area contributed by atoms with E-state index in [1.54, 1.807) is 0 Å². The topological polar surface area (TPSA) is 62.0 Å². The molecular formula is C13H14N2O2S. The molecule has 18 heavy (non-hydrogen) atoms. The monoisotopic (exact) mass is 262 g/mol. The maximum absolute atomic E-state index is 11.4. The van der Waals surface area contributed by atoms with Crippen molar-refractivity contribution < 1.29 is 9.90 Å². The predicted molar refractivity (Wildman–Crippen MR) is 69.5 cm³/mol. The Labute approximate surface area is 110 Å². The Hall–Kier alpha value is -1.36. The summed E-state index contributed by atoms with van der Waals surface area (Å²) in [5, 5.41) is 13.2. The van der Waals surface area contributed by atoms with Crippen LogP contribution in [0.1, 0.15) is 18.4 Å². The molecule has 0 saturated heterocycles. The third-order valence-electron chi connectivity index (χ3n) is 3.67. The molecular weight excluding hydrogens is 248 g/mol. The van der Waals surface area contributed by atoms with Crippen LogP contribution in [0.2, 0.25) is 0 Å². The van der Waals surface area contributed by atoms with E-state index in [0.717, 1.165) is 30.4 Å². The van der Waals surface area contributed by atoms with Gasteiger partial charge in [-0.2, -0.15) is 5.11 Å². The molecule has 0 spiro atoms. The van der Waals surface area contributed by atoms with E-state index in [1.807, 2.05) is 30.3 Å². The first-order valence-electron chi connectivity index (χ1n) is 6.07. The summed E-state index contributed by atoms with van der Waals surface area (Å²) in [6, 6.07) is 9.98. The average molecular weight is 262 g/mol.